The largest absolute Gasteiger partial charge is 0.367 e. The first-order valence-corrected chi connectivity index (χ1v) is 6.36. The van der Waals surface area contributed by atoms with Crippen LogP contribution in [0.25, 0.3) is 21.7 Å². The molecule has 0 amide bonds. The smallest absolute Gasteiger partial charge is 0.230 e. The average molecular weight is 278 g/mol. The van der Waals surface area contributed by atoms with E-state index in [1.165, 1.54) is 11.3 Å². The van der Waals surface area contributed by atoms with E-state index < -0.39 is 0 Å². The minimum atomic E-state index is 0.292. The number of nitrogens with two attached hydrogens (primary N) is 1. The van der Waals surface area contributed by atoms with E-state index in [0.717, 1.165) is 16.0 Å². The van der Waals surface area contributed by atoms with Gasteiger partial charge in [0.2, 0.25) is 5.88 Å². The van der Waals surface area contributed by atoms with Crippen molar-refractivity contribution in [2.75, 3.05) is 5.73 Å². The normalized spacial score (nSPS) is 10.7. The number of halogens is 1. The summed E-state index contributed by atoms with van der Waals surface area (Å²) in [6.45, 7) is 0. The zero-order valence-corrected chi connectivity index (χ0v) is 10.7. The molecule has 6 heteroatoms. The monoisotopic (exact) mass is 277 g/mol. The van der Waals surface area contributed by atoms with E-state index in [2.05, 4.69) is 10.1 Å². The SMILES string of the molecule is Nc1onc(-c2ccc(Cl)s2)c1-c1ccncc1. The molecule has 0 fully saturated rings. The third kappa shape index (κ3) is 1.87. The molecule has 0 aromatic carbocycles. The molecule has 3 heterocycles. The molecule has 0 radical (unpaired) electrons. The van der Waals surface area contributed by atoms with E-state index >= 15 is 0 Å². The summed E-state index contributed by atoms with van der Waals surface area (Å²) in [7, 11) is 0. The number of nitrogen functional groups attached to an aromatic ring is 1. The lowest BCUT2D eigenvalue weighted by Crippen LogP contribution is -1.86. The van der Waals surface area contributed by atoms with E-state index in [1.807, 2.05) is 24.3 Å². The van der Waals surface area contributed by atoms with Crippen molar-refractivity contribution < 1.29 is 4.52 Å². The third-order valence-electron chi connectivity index (χ3n) is 2.49. The van der Waals surface area contributed by atoms with Crippen LogP contribution in [0.5, 0.6) is 0 Å². The minimum Gasteiger partial charge on any atom is -0.367 e. The maximum absolute atomic E-state index is 5.93. The standard InChI is InChI=1S/C12H8ClN3OS/c13-9-2-1-8(18-9)11-10(12(14)17-16-11)7-3-5-15-6-4-7/h1-6H,14H2. The highest BCUT2D eigenvalue weighted by Crippen LogP contribution is 2.39. The molecule has 90 valence electrons. The molecule has 0 bridgehead atoms. The van der Waals surface area contributed by atoms with Crippen LogP contribution in [0.1, 0.15) is 0 Å². The predicted octanol–water partition coefficient (Wildman–Crippen LogP) is 3.70. The number of hydrogen-bond acceptors (Lipinski definition) is 5. The molecule has 0 saturated carbocycles. The fourth-order valence-electron chi connectivity index (χ4n) is 1.71. The number of rotatable bonds is 2. The summed E-state index contributed by atoms with van der Waals surface area (Å²) in [5.41, 5.74) is 8.24. The topological polar surface area (TPSA) is 64.9 Å². The lowest BCUT2D eigenvalue weighted by molar-refractivity contribution is 0.439. The number of thiophene rings is 1. The van der Waals surface area contributed by atoms with Gasteiger partial charge >= 0.3 is 0 Å². The highest BCUT2D eigenvalue weighted by atomic mass is 35.5. The second kappa shape index (κ2) is 4.44. The average Bonchev–Trinajstić information content (AvgIpc) is 2.96. The van der Waals surface area contributed by atoms with Crippen molar-refractivity contribution in [2.45, 2.75) is 0 Å². The maximum Gasteiger partial charge on any atom is 0.230 e. The van der Waals surface area contributed by atoms with E-state index in [4.69, 9.17) is 21.9 Å². The lowest BCUT2D eigenvalue weighted by Gasteiger charge is -1.99. The van der Waals surface area contributed by atoms with Crippen molar-refractivity contribution in [3.63, 3.8) is 0 Å². The van der Waals surface area contributed by atoms with Gasteiger partial charge in [-0.25, -0.2) is 0 Å². The number of aromatic nitrogens is 2. The lowest BCUT2D eigenvalue weighted by atomic mass is 10.1. The van der Waals surface area contributed by atoms with Crippen LogP contribution >= 0.6 is 22.9 Å². The van der Waals surface area contributed by atoms with Gasteiger partial charge in [0.1, 0.15) is 5.69 Å². The Labute approximate surface area is 112 Å². The number of nitrogens with zero attached hydrogens (tertiary/aromatic N) is 2. The van der Waals surface area contributed by atoms with Gasteiger partial charge in [0, 0.05) is 12.4 Å². The molecule has 3 rings (SSSR count). The molecule has 0 aliphatic rings. The van der Waals surface area contributed by atoms with E-state index in [1.54, 1.807) is 12.4 Å². The summed E-state index contributed by atoms with van der Waals surface area (Å²) >= 11 is 7.37. The van der Waals surface area contributed by atoms with Crippen LogP contribution in [-0.4, -0.2) is 10.1 Å². The van der Waals surface area contributed by atoms with Gasteiger partial charge in [0.05, 0.1) is 14.8 Å². The van der Waals surface area contributed by atoms with Crippen molar-refractivity contribution in [3.8, 4) is 21.7 Å². The Morgan fingerprint density at radius 3 is 2.61 bits per heavy atom. The minimum absolute atomic E-state index is 0.292. The van der Waals surface area contributed by atoms with Crippen molar-refractivity contribution in [1.29, 1.82) is 0 Å². The Bertz CT molecular complexity index is 678. The van der Waals surface area contributed by atoms with Crippen molar-refractivity contribution in [2.24, 2.45) is 0 Å². The summed E-state index contributed by atoms with van der Waals surface area (Å²) in [6, 6.07) is 7.45. The molecule has 0 saturated heterocycles. The molecule has 2 N–H and O–H groups in total. The van der Waals surface area contributed by atoms with E-state index in [9.17, 15) is 0 Å². The molecular formula is C12H8ClN3OS. The molecule has 0 atom stereocenters. The fourth-order valence-corrected chi connectivity index (χ4v) is 2.74. The van der Waals surface area contributed by atoms with Gasteiger partial charge in [-0.1, -0.05) is 16.8 Å². The highest BCUT2D eigenvalue weighted by Gasteiger charge is 2.18. The first kappa shape index (κ1) is 11.3. The zero-order chi connectivity index (χ0) is 12.5. The van der Waals surface area contributed by atoms with E-state index in [0.29, 0.717) is 15.9 Å². The summed E-state index contributed by atoms with van der Waals surface area (Å²) in [6.07, 6.45) is 3.40. The van der Waals surface area contributed by atoms with Gasteiger partial charge < -0.3 is 10.3 Å². The van der Waals surface area contributed by atoms with E-state index in [-0.39, 0.29) is 0 Å². The number of hydrogen-bond donors (Lipinski definition) is 1. The second-order valence-electron chi connectivity index (χ2n) is 3.61. The summed E-state index contributed by atoms with van der Waals surface area (Å²) in [5.74, 6) is 0.292. The van der Waals surface area contributed by atoms with Crippen LogP contribution < -0.4 is 5.73 Å². The Kier molecular flexibility index (Phi) is 2.77. The predicted molar refractivity (Wildman–Crippen MR) is 72.5 cm³/mol. The maximum atomic E-state index is 5.93. The van der Waals surface area contributed by atoms with Gasteiger partial charge in [-0.2, -0.15) is 0 Å². The summed E-state index contributed by atoms with van der Waals surface area (Å²) < 4.78 is 5.79. The summed E-state index contributed by atoms with van der Waals surface area (Å²) in [5, 5.41) is 4.01. The molecular weight excluding hydrogens is 270 g/mol. The Hall–Kier alpha value is -1.85. The molecule has 18 heavy (non-hydrogen) atoms. The fraction of sp³-hybridized carbons (Fsp3) is 0. The summed E-state index contributed by atoms with van der Waals surface area (Å²) in [4.78, 5) is 4.90. The van der Waals surface area contributed by atoms with Gasteiger partial charge in [-0.3, -0.25) is 4.98 Å². The highest BCUT2D eigenvalue weighted by molar-refractivity contribution is 7.19. The van der Waals surface area contributed by atoms with Crippen molar-refractivity contribution >= 4 is 28.8 Å². The molecule has 0 aliphatic heterocycles. The van der Waals surface area contributed by atoms with Crippen LogP contribution in [-0.2, 0) is 0 Å². The van der Waals surface area contributed by atoms with Crippen LogP contribution in [0.3, 0.4) is 0 Å². The van der Waals surface area contributed by atoms with Crippen LogP contribution in [0, 0.1) is 0 Å². The number of pyridine rings is 1. The first-order chi connectivity index (χ1) is 8.75. The molecule has 3 aromatic heterocycles. The molecule has 0 unspecified atom stereocenters. The van der Waals surface area contributed by atoms with Crippen LogP contribution in [0.15, 0.2) is 41.2 Å². The van der Waals surface area contributed by atoms with Gasteiger partial charge in [0.25, 0.3) is 0 Å². The van der Waals surface area contributed by atoms with Gasteiger partial charge in [-0.15, -0.1) is 11.3 Å². The number of anilines is 1. The van der Waals surface area contributed by atoms with Gasteiger partial charge in [-0.05, 0) is 29.8 Å². The molecule has 0 aliphatic carbocycles. The second-order valence-corrected chi connectivity index (χ2v) is 5.33. The van der Waals surface area contributed by atoms with Crippen LogP contribution in [0.2, 0.25) is 4.34 Å². The molecule has 0 spiro atoms. The Balaban J connectivity index is 2.18. The third-order valence-corrected chi connectivity index (χ3v) is 3.73. The molecule has 3 aromatic rings. The Morgan fingerprint density at radius 2 is 1.94 bits per heavy atom. The Morgan fingerprint density at radius 1 is 1.17 bits per heavy atom. The quantitative estimate of drug-likeness (QED) is 0.776. The first-order valence-electron chi connectivity index (χ1n) is 5.17. The zero-order valence-electron chi connectivity index (χ0n) is 9.13. The molecule has 4 nitrogen and oxygen atoms in total. The van der Waals surface area contributed by atoms with Gasteiger partial charge in [0.15, 0.2) is 0 Å². The van der Waals surface area contributed by atoms with Crippen LogP contribution in [0.4, 0.5) is 5.88 Å². The van der Waals surface area contributed by atoms with Crippen molar-refractivity contribution in [1.82, 2.24) is 10.1 Å². The van der Waals surface area contributed by atoms with Crippen molar-refractivity contribution in [3.05, 3.63) is 41.0 Å².